The van der Waals surface area contributed by atoms with Crippen molar-refractivity contribution in [3.8, 4) is 5.75 Å². The Labute approximate surface area is 265 Å². The number of hydrogen-bond acceptors (Lipinski definition) is 6. The zero-order valence-corrected chi connectivity index (χ0v) is 26.5. The number of phenolic OH excluding ortho intramolecular Hbond substituents is 1. The summed E-state index contributed by atoms with van der Waals surface area (Å²) in [5.74, 6) is -0.217. The van der Waals surface area contributed by atoms with Gasteiger partial charge in [0.05, 0.1) is 19.1 Å². The highest BCUT2D eigenvalue weighted by Gasteiger charge is 2.35. The number of piperidine rings is 1. The zero-order valence-electron chi connectivity index (χ0n) is 26.5. The number of rotatable bonds is 7. The van der Waals surface area contributed by atoms with Crippen molar-refractivity contribution in [3.05, 3.63) is 70.4 Å². The molecule has 4 amide bonds. The monoisotopic (exact) mass is 615 g/mol. The third kappa shape index (κ3) is 6.96. The van der Waals surface area contributed by atoms with Crippen molar-refractivity contribution in [2.75, 3.05) is 57.8 Å². The van der Waals surface area contributed by atoms with E-state index in [0.29, 0.717) is 58.6 Å². The predicted octanol–water partition coefficient (Wildman–Crippen LogP) is 4.04. The Morgan fingerprint density at radius 3 is 2.40 bits per heavy atom. The van der Waals surface area contributed by atoms with E-state index in [9.17, 15) is 19.5 Å². The largest absolute Gasteiger partial charge is 0.507 e. The van der Waals surface area contributed by atoms with Crippen LogP contribution < -0.4 is 5.32 Å². The number of nitrogens with one attached hydrogen (secondary N) is 1. The van der Waals surface area contributed by atoms with Crippen molar-refractivity contribution in [2.45, 2.75) is 58.5 Å². The number of aryl methyl sites for hydroxylation is 2. The molecule has 2 aromatic carbocycles. The van der Waals surface area contributed by atoms with E-state index in [4.69, 9.17) is 4.74 Å². The van der Waals surface area contributed by atoms with Crippen molar-refractivity contribution < 1.29 is 24.2 Å². The van der Waals surface area contributed by atoms with Crippen molar-refractivity contribution in [1.29, 1.82) is 0 Å². The SMILES string of the molecule is Cc1cc(C[C@@H](CC(=O)N2CCC(N3Cc4ccccc4NC3=O)CC2)C(=O)N2CCN(C3=CCOCC3)CC2)cc(C)c1O. The van der Waals surface area contributed by atoms with Gasteiger partial charge in [-0.2, -0.15) is 0 Å². The molecule has 0 bridgehead atoms. The summed E-state index contributed by atoms with van der Waals surface area (Å²) in [6, 6.07) is 11.7. The topological polar surface area (TPSA) is 106 Å². The lowest BCUT2D eigenvalue weighted by Crippen LogP contribution is -2.52. The quantitative estimate of drug-likeness (QED) is 0.487. The molecule has 4 aliphatic heterocycles. The van der Waals surface area contributed by atoms with Gasteiger partial charge in [0.1, 0.15) is 5.75 Å². The van der Waals surface area contributed by atoms with Gasteiger partial charge in [0.15, 0.2) is 0 Å². The van der Waals surface area contributed by atoms with E-state index in [0.717, 1.165) is 54.1 Å². The third-order valence-electron chi connectivity index (χ3n) is 9.86. The summed E-state index contributed by atoms with van der Waals surface area (Å²) in [7, 11) is 0. The highest BCUT2D eigenvalue weighted by molar-refractivity contribution is 5.92. The first-order valence-corrected chi connectivity index (χ1v) is 16.3. The Hall–Kier alpha value is -4.05. The third-order valence-corrected chi connectivity index (χ3v) is 9.86. The van der Waals surface area contributed by atoms with Crippen LogP contribution in [0.4, 0.5) is 10.5 Å². The number of piperazine rings is 1. The van der Waals surface area contributed by atoms with Gasteiger partial charge in [0.25, 0.3) is 0 Å². The van der Waals surface area contributed by atoms with Gasteiger partial charge in [-0.1, -0.05) is 30.3 Å². The molecule has 0 spiro atoms. The number of benzene rings is 2. The van der Waals surface area contributed by atoms with Crippen molar-refractivity contribution >= 4 is 23.5 Å². The molecule has 10 nitrogen and oxygen atoms in total. The van der Waals surface area contributed by atoms with Crippen LogP contribution in [-0.4, -0.2) is 101 Å². The number of aromatic hydroxyl groups is 1. The van der Waals surface area contributed by atoms with E-state index in [1.165, 1.54) is 5.70 Å². The fourth-order valence-electron chi connectivity index (χ4n) is 7.26. The number of carbonyl (C=O) groups is 3. The van der Waals surface area contributed by atoms with E-state index in [1.807, 2.05) is 64.9 Å². The van der Waals surface area contributed by atoms with Gasteiger partial charge < -0.3 is 34.8 Å². The highest BCUT2D eigenvalue weighted by Crippen LogP contribution is 2.30. The lowest BCUT2D eigenvalue weighted by molar-refractivity contribution is -0.143. The smallest absolute Gasteiger partial charge is 0.322 e. The molecule has 0 saturated carbocycles. The Morgan fingerprint density at radius 1 is 1.00 bits per heavy atom. The fourth-order valence-corrected chi connectivity index (χ4v) is 7.26. The number of amides is 4. The summed E-state index contributed by atoms with van der Waals surface area (Å²) in [5.41, 5.74) is 5.75. The summed E-state index contributed by atoms with van der Waals surface area (Å²) in [4.78, 5) is 48.7. The second-order valence-corrected chi connectivity index (χ2v) is 12.8. The van der Waals surface area contributed by atoms with Crippen molar-refractivity contribution in [2.24, 2.45) is 5.92 Å². The number of para-hydroxylation sites is 1. The molecule has 2 N–H and O–H groups in total. The molecule has 2 aromatic rings. The molecular formula is C35H45N5O5. The number of hydrogen-bond donors (Lipinski definition) is 2. The molecule has 0 unspecified atom stereocenters. The van der Waals surface area contributed by atoms with E-state index in [2.05, 4.69) is 16.3 Å². The second-order valence-electron chi connectivity index (χ2n) is 12.8. The Kier molecular flexibility index (Phi) is 9.30. The maximum absolute atomic E-state index is 14.0. The zero-order chi connectivity index (χ0) is 31.5. The van der Waals surface area contributed by atoms with Crippen LogP contribution >= 0.6 is 0 Å². The summed E-state index contributed by atoms with van der Waals surface area (Å²) < 4.78 is 5.46. The Balaban J connectivity index is 1.10. The molecule has 4 aliphatic rings. The van der Waals surface area contributed by atoms with Crippen LogP contribution in [0.3, 0.4) is 0 Å². The summed E-state index contributed by atoms with van der Waals surface area (Å²) in [6.45, 7) is 9.60. The number of anilines is 1. The van der Waals surface area contributed by atoms with Gasteiger partial charge in [-0.05, 0) is 67.5 Å². The molecule has 6 rings (SSSR count). The summed E-state index contributed by atoms with van der Waals surface area (Å²) in [5, 5.41) is 13.3. The van der Waals surface area contributed by atoms with Gasteiger partial charge in [-0.25, -0.2) is 4.79 Å². The fraction of sp³-hybridized carbons (Fsp3) is 0.514. The van der Waals surface area contributed by atoms with Crippen LogP contribution in [0.25, 0.3) is 0 Å². The summed E-state index contributed by atoms with van der Waals surface area (Å²) in [6.07, 6.45) is 5.04. The van der Waals surface area contributed by atoms with E-state index in [1.54, 1.807) is 0 Å². The molecule has 0 aromatic heterocycles. The predicted molar refractivity (Wildman–Crippen MR) is 172 cm³/mol. The Morgan fingerprint density at radius 2 is 1.71 bits per heavy atom. The van der Waals surface area contributed by atoms with Crippen molar-refractivity contribution in [1.82, 2.24) is 19.6 Å². The molecule has 2 saturated heterocycles. The van der Waals surface area contributed by atoms with Gasteiger partial charge in [-0.3, -0.25) is 9.59 Å². The minimum absolute atomic E-state index is 0.0153. The number of likely N-dealkylation sites (tertiary alicyclic amines) is 1. The van der Waals surface area contributed by atoms with Crippen LogP contribution in [0.5, 0.6) is 5.75 Å². The van der Waals surface area contributed by atoms with Crippen LogP contribution in [0.2, 0.25) is 0 Å². The molecule has 45 heavy (non-hydrogen) atoms. The van der Waals surface area contributed by atoms with Crippen LogP contribution in [-0.2, 0) is 27.3 Å². The van der Waals surface area contributed by atoms with Gasteiger partial charge >= 0.3 is 6.03 Å². The lowest BCUT2D eigenvalue weighted by atomic mass is 9.91. The molecule has 10 heteroatoms. The highest BCUT2D eigenvalue weighted by atomic mass is 16.5. The lowest BCUT2D eigenvalue weighted by Gasteiger charge is -2.41. The van der Waals surface area contributed by atoms with Crippen LogP contribution in [0.15, 0.2) is 48.2 Å². The van der Waals surface area contributed by atoms with Gasteiger partial charge in [0.2, 0.25) is 11.8 Å². The average molecular weight is 616 g/mol. The number of phenols is 1. The number of nitrogens with zero attached hydrogens (tertiary/aromatic N) is 4. The Bertz CT molecular complexity index is 1440. The second kappa shape index (κ2) is 13.5. The molecule has 1 atom stereocenters. The van der Waals surface area contributed by atoms with E-state index >= 15 is 0 Å². The molecule has 240 valence electrons. The first-order valence-electron chi connectivity index (χ1n) is 16.3. The van der Waals surface area contributed by atoms with Gasteiger partial charge in [0, 0.05) is 76.1 Å². The molecule has 0 radical (unpaired) electrons. The van der Waals surface area contributed by atoms with Crippen LogP contribution in [0, 0.1) is 19.8 Å². The maximum atomic E-state index is 14.0. The minimum Gasteiger partial charge on any atom is -0.507 e. The van der Waals surface area contributed by atoms with Crippen molar-refractivity contribution in [3.63, 3.8) is 0 Å². The molecule has 0 aliphatic carbocycles. The maximum Gasteiger partial charge on any atom is 0.322 e. The number of ether oxygens (including phenoxy) is 1. The molecule has 4 heterocycles. The number of carbonyl (C=O) groups excluding carboxylic acids is 3. The normalized spacial score (nSPS) is 20.0. The summed E-state index contributed by atoms with van der Waals surface area (Å²) >= 11 is 0. The standard InChI is InChI=1S/C35H45N5O5/c1-24-19-26(20-25(2)33(24)42)21-28(34(43)39-15-13-37(14-16-39)29-9-17-45-18-10-29)22-32(41)38-11-7-30(8-12-38)40-23-27-5-3-4-6-31(27)36-35(40)44/h3-6,9,19-20,28,30,42H,7-8,10-18,21-23H2,1-2H3,(H,36,44)/t28-/m0/s1. The number of fused-ring (bicyclic) bond motifs is 1. The van der Waals surface area contributed by atoms with Gasteiger partial charge in [-0.15, -0.1) is 0 Å². The first kappa shape index (κ1) is 31.0. The van der Waals surface area contributed by atoms with E-state index in [-0.39, 0.29) is 36.1 Å². The first-order chi connectivity index (χ1) is 21.8. The van der Waals surface area contributed by atoms with E-state index < -0.39 is 5.92 Å². The minimum atomic E-state index is -0.489. The van der Waals surface area contributed by atoms with Crippen LogP contribution in [0.1, 0.15) is 47.9 Å². The number of urea groups is 1. The molecular weight excluding hydrogens is 570 g/mol. The molecule has 2 fully saturated rings. The average Bonchev–Trinajstić information content (AvgIpc) is 3.06.